The molecular formula is C19H22N2O2. The number of para-hydroxylation sites is 1. The van der Waals surface area contributed by atoms with Gasteiger partial charge in [-0.2, -0.15) is 0 Å². The average Bonchev–Trinajstić information content (AvgIpc) is 2.56. The van der Waals surface area contributed by atoms with Gasteiger partial charge >= 0.3 is 6.09 Å². The second-order valence-corrected chi connectivity index (χ2v) is 6.13. The summed E-state index contributed by atoms with van der Waals surface area (Å²) in [5, 5.41) is 6.18. The predicted molar refractivity (Wildman–Crippen MR) is 92.5 cm³/mol. The first-order chi connectivity index (χ1) is 11.2. The number of rotatable bonds is 3. The van der Waals surface area contributed by atoms with E-state index < -0.39 is 11.7 Å². The lowest BCUT2D eigenvalue weighted by molar-refractivity contribution is 0.0109. The topological polar surface area (TPSA) is 50.4 Å². The van der Waals surface area contributed by atoms with E-state index in [0.29, 0.717) is 0 Å². The first-order valence-corrected chi connectivity index (χ1v) is 8.01. The Bertz CT molecular complexity index is 664. The third-order valence-corrected chi connectivity index (χ3v) is 4.25. The Kier molecular flexibility index (Phi) is 4.63. The van der Waals surface area contributed by atoms with Gasteiger partial charge in [-0.05, 0) is 44.5 Å². The molecule has 4 heteroatoms. The maximum Gasteiger partial charge on any atom is 0.412 e. The Morgan fingerprint density at radius 3 is 2.43 bits per heavy atom. The van der Waals surface area contributed by atoms with Gasteiger partial charge in [0.15, 0.2) is 0 Å². The summed E-state index contributed by atoms with van der Waals surface area (Å²) in [6.45, 7) is 3.76. The summed E-state index contributed by atoms with van der Waals surface area (Å²) in [5.41, 5.74) is 2.43. The Balaban J connectivity index is 1.74. The standard InChI is InChI=1S/C19H22N2O2/c1-19(11-13-20-14-12-19)23-18(22)21-17-10-6-5-9-16(17)15-7-3-2-4-8-15/h2-10,20H,11-14H2,1H3,(H,21,22). The number of hydrogen-bond donors (Lipinski definition) is 2. The molecule has 2 aromatic carbocycles. The third-order valence-electron chi connectivity index (χ3n) is 4.25. The molecule has 23 heavy (non-hydrogen) atoms. The molecule has 3 rings (SSSR count). The van der Waals surface area contributed by atoms with E-state index >= 15 is 0 Å². The summed E-state index contributed by atoms with van der Waals surface area (Å²) in [7, 11) is 0. The Morgan fingerprint density at radius 1 is 1.04 bits per heavy atom. The molecule has 0 aliphatic carbocycles. The Morgan fingerprint density at radius 2 is 1.70 bits per heavy atom. The van der Waals surface area contributed by atoms with Crippen molar-refractivity contribution in [1.82, 2.24) is 5.32 Å². The van der Waals surface area contributed by atoms with Gasteiger partial charge in [0.1, 0.15) is 5.60 Å². The molecule has 0 aromatic heterocycles. The number of hydrogen-bond acceptors (Lipinski definition) is 3. The van der Waals surface area contributed by atoms with Crippen molar-refractivity contribution in [3.63, 3.8) is 0 Å². The molecule has 1 aliphatic heterocycles. The SMILES string of the molecule is CC1(OC(=O)Nc2ccccc2-c2ccccc2)CCNCC1. The van der Waals surface area contributed by atoms with E-state index in [1.54, 1.807) is 0 Å². The molecule has 1 heterocycles. The molecule has 0 radical (unpaired) electrons. The smallest absolute Gasteiger partial charge is 0.412 e. The van der Waals surface area contributed by atoms with Gasteiger partial charge in [0, 0.05) is 5.56 Å². The molecule has 1 fully saturated rings. The molecule has 0 atom stereocenters. The zero-order chi connectivity index (χ0) is 16.1. The minimum absolute atomic E-state index is 0.391. The Labute approximate surface area is 136 Å². The van der Waals surface area contributed by atoms with Crippen LogP contribution in [-0.2, 0) is 4.74 Å². The molecule has 1 aliphatic rings. The van der Waals surface area contributed by atoms with Crippen molar-refractivity contribution in [3.8, 4) is 11.1 Å². The van der Waals surface area contributed by atoms with E-state index in [4.69, 9.17) is 4.74 Å². The van der Waals surface area contributed by atoms with Crippen molar-refractivity contribution in [1.29, 1.82) is 0 Å². The van der Waals surface area contributed by atoms with Gasteiger partial charge in [0.05, 0.1) is 5.69 Å². The second kappa shape index (κ2) is 6.84. The van der Waals surface area contributed by atoms with Crippen LogP contribution in [0.3, 0.4) is 0 Å². The van der Waals surface area contributed by atoms with Gasteiger partial charge in [0.2, 0.25) is 0 Å². The summed E-state index contributed by atoms with van der Waals surface area (Å²) in [4.78, 5) is 12.3. The van der Waals surface area contributed by atoms with Gasteiger partial charge in [-0.15, -0.1) is 0 Å². The van der Waals surface area contributed by atoms with Crippen LogP contribution in [0.15, 0.2) is 54.6 Å². The average molecular weight is 310 g/mol. The summed E-state index contributed by atoms with van der Waals surface area (Å²) in [6, 6.07) is 17.8. The fourth-order valence-electron chi connectivity index (χ4n) is 2.88. The summed E-state index contributed by atoms with van der Waals surface area (Å²) in [5.74, 6) is 0. The van der Waals surface area contributed by atoms with Crippen molar-refractivity contribution < 1.29 is 9.53 Å². The number of carbonyl (C=O) groups is 1. The van der Waals surface area contributed by atoms with Crippen LogP contribution in [0.4, 0.5) is 10.5 Å². The highest BCUT2D eigenvalue weighted by molar-refractivity contribution is 5.91. The summed E-state index contributed by atoms with van der Waals surface area (Å²) >= 11 is 0. The fraction of sp³-hybridized carbons (Fsp3) is 0.316. The lowest BCUT2D eigenvalue weighted by Crippen LogP contribution is -2.43. The molecule has 0 unspecified atom stereocenters. The number of amides is 1. The van der Waals surface area contributed by atoms with Crippen LogP contribution < -0.4 is 10.6 Å². The zero-order valence-electron chi connectivity index (χ0n) is 13.3. The van der Waals surface area contributed by atoms with Crippen molar-refractivity contribution in [3.05, 3.63) is 54.6 Å². The summed E-state index contributed by atoms with van der Waals surface area (Å²) in [6.07, 6.45) is 1.28. The fourth-order valence-corrected chi connectivity index (χ4v) is 2.88. The number of benzene rings is 2. The molecule has 120 valence electrons. The maximum absolute atomic E-state index is 12.3. The van der Waals surface area contributed by atoms with Gasteiger partial charge < -0.3 is 10.1 Å². The van der Waals surface area contributed by atoms with E-state index in [-0.39, 0.29) is 0 Å². The quantitative estimate of drug-likeness (QED) is 0.899. The van der Waals surface area contributed by atoms with Crippen LogP contribution in [0.5, 0.6) is 0 Å². The highest BCUT2D eigenvalue weighted by atomic mass is 16.6. The summed E-state index contributed by atoms with van der Waals surface area (Å²) < 4.78 is 5.68. The molecule has 1 amide bonds. The number of nitrogens with one attached hydrogen (secondary N) is 2. The monoisotopic (exact) mass is 310 g/mol. The molecule has 0 spiro atoms. The van der Waals surface area contributed by atoms with E-state index in [0.717, 1.165) is 42.7 Å². The van der Waals surface area contributed by atoms with Gasteiger partial charge in [-0.1, -0.05) is 48.5 Å². The lowest BCUT2D eigenvalue weighted by atomic mass is 9.95. The maximum atomic E-state index is 12.3. The molecule has 4 nitrogen and oxygen atoms in total. The number of ether oxygens (including phenoxy) is 1. The van der Waals surface area contributed by atoms with Crippen molar-refractivity contribution in [2.24, 2.45) is 0 Å². The third kappa shape index (κ3) is 3.90. The lowest BCUT2D eigenvalue weighted by Gasteiger charge is -2.33. The highest BCUT2D eigenvalue weighted by Gasteiger charge is 2.30. The van der Waals surface area contributed by atoms with Crippen LogP contribution >= 0.6 is 0 Å². The first-order valence-electron chi connectivity index (χ1n) is 8.01. The molecule has 1 saturated heterocycles. The van der Waals surface area contributed by atoms with Crippen LogP contribution in [0, 0.1) is 0 Å². The van der Waals surface area contributed by atoms with E-state index in [1.807, 2.05) is 61.5 Å². The van der Waals surface area contributed by atoms with Gasteiger partial charge in [-0.3, -0.25) is 5.32 Å². The van der Waals surface area contributed by atoms with E-state index in [1.165, 1.54) is 0 Å². The van der Waals surface area contributed by atoms with Gasteiger partial charge in [-0.25, -0.2) is 4.79 Å². The first kappa shape index (κ1) is 15.6. The second-order valence-electron chi connectivity index (χ2n) is 6.13. The van der Waals surface area contributed by atoms with Gasteiger partial charge in [0.25, 0.3) is 0 Å². The molecular weight excluding hydrogens is 288 g/mol. The van der Waals surface area contributed by atoms with Crippen LogP contribution in [0.2, 0.25) is 0 Å². The number of carbonyl (C=O) groups excluding carboxylic acids is 1. The minimum atomic E-state index is -0.392. The minimum Gasteiger partial charge on any atom is -0.443 e. The largest absolute Gasteiger partial charge is 0.443 e. The van der Waals surface area contributed by atoms with E-state index in [9.17, 15) is 4.79 Å². The Hall–Kier alpha value is -2.33. The number of anilines is 1. The van der Waals surface area contributed by atoms with Crippen molar-refractivity contribution >= 4 is 11.8 Å². The van der Waals surface area contributed by atoms with Crippen LogP contribution in [0.1, 0.15) is 19.8 Å². The van der Waals surface area contributed by atoms with Crippen LogP contribution in [0.25, 0.3) is 11.1 Å². The van der Waals surface area contributed by atoms with Crippen LogP contribution in [-0.4, -0.2) is 24.8 Å². The predicted octanol–water partition coefficient (Wildman–Crippen LogP) is 4.04. The highest BCUT2D eigenvalue weighted by Crippen LogP contribution is 2.29. The van der Waals surface area contributed by atoms with Crippen molar-refractivity contribution in [2.45, 2.75) is 25.4 Å². The van der Waals surface area contributed by atoms with Crippen molar-refractivity contribution in [2.75, 3.05) is 18.4 Å². The normalized spacial score (nSPS) is 16.6. The molecule has 0 saturated carbocycles. The zero-order valence-corrected chi connectivity index (χ0v) is 13.3. The number of piperidine rings is 1. The molecule has 2 N–H and O–H groups in total. The van der Waals surface area contributed by atoms with E-state index in [2.05, 4.69) is 10.6 Å². The molecule has 2 aromatic rings. The molecule has 0 bridgehead atoms.